The number of hydrogen-bond acceptors (Lipinski definition) is 6. The van der Waals surface area contributed by atoms with Crippen molar-refractivity contribution in [3.63, 3.8) is 0 Å². The largest absolute Gasteiger partial charge is 0.363 e. The van der Waals surface area contributed by atoms with Gasteiger partial charge in [-0.3, -0.25) is 4.68 Å². The summed E-state index contributed by atoms with van der Waals surface area (Å²) in [6, 6.07) is 11.9. The zero-order chi connectivity index (χ0) is 18.8. The van der Waals surface area contributed by atoms with E-state index >= 15 is 0 Å². The van der Waals surface area contributed by atoms with Crippen LogP contribution in [0, 0.1) is 6.92 Å². The van der Waals surface area contributed by atoms with Gasteiger partial charge in [0.1, 0.15) is 5.82 Å². The van der Waals surface area contributed by atoms with Crippen LogP contribution in [0.1, 0.15) is 24.1 Å². The van der Waals surface area contributed by atoms with E-state index in [1.165, 1.54) is 0 Å². The molecular formula is C20H20N6O. The first-order valence-corrected chi connectivity index (χ1v) is 8.71. The molecule has 0 aliphatic rings. The molecule has 1 aromatic carbocycles. The molecule has 0 amide bonds. The van der Waals surface area contributed by atoms with E-state index in [1.807, 2.05) is 62.8 Å². The third-order valence-corrected chi connectivity index (χ3v) is 4.41. The number of nitrogens with one attached hydrogen (secondary N) is 1. The van der Waals surface area contributed by atoms with Crippen LogP contribution in [0.5, 0.6) is 0 Å². The van der Waals surface area contributed by atoms with Crippen molar-refractivity contribution in [3.05, 3.63) is 66.1 Å². The van der Waals surface area contributed by atoms with E-state index in [9.17, 15) is 0 Å². The number of benzene rings is 1. The highest BCUT2D eigenvalue weighted by atomic mass is 16.5. The average molecular weight is 360 g/mol. The Labute approximate surface area is 157 Å². The molecule has 3 heterocycles. The van der Waals surface area contributed by atoms with Crippen molar-refractivity contribution >= 4 is 5.82 Å². The van der Waals surface area contributed by atoms with Gasteiger partial charge in [-0.15, -0.1) is 0 Å². The second-order valence-electron chi connectivity index (χ2n) is 6.48. The number of aromatic nitrogens is 5. The Hall–Kier alpha value is -3.48. The van der Waals surface area contributed by atoms with Gasteiger partial charge in [-0.1, -0.05) is 29.4 Å². The van der Waals surface area contributed by atoms with Crippen LogP contribution in [0.2, 0.25) is 0 Å². The minimum absolute atomic E-state index is 0.105. The van der Waals surface area contributed by atoms with E-state index in [0.29, 0.717) is 11.7 Å². The molecule has 0 spiro atoms. The zero-order valence-electron chi connectivity index (χ0n) is 15.4. The van der Waals surface area contributed by atoms with E-state index < -0.39 is 0 Å². The van der Waals surface area contributed by atoms with Crippen LogP contribution in [-0.2, 0) is 7.05 Å². The molecule has 0 unspecified atom stereocenters. The molecule has 1 N–H and O–H groups in total. The Bertz CT molecular complexity index is 1050. The smallest absolute Gasteiger partial charge is 0.259 e. The molecule has 7 nitrogen and oxygen atoms in total. The summed E-state index contributed by atoms with van der Waals surface area (Å²) in [5, 5.41) is 11.7. The highest BCUT2D eigenvalue weighted by Gasteiger charge is 2.13. The highest BCUT2D eigenvalue weighted by molar-refractivity contribution is 5.62. The Kier molecular flexibility index (Phi) is 4.42. The van der Waals surface area contributed by atoms with Gasteiger partial charge in [-0.05, 0) is 31.5 Å². The molecule has 0 aliphatic carbocycles. The van der Waals surface area contributed by atoms with E-state index in [2.05, 4.69) is 32.5 Å². The van der Waals surface area contributed by atoms with Crippen LogP contribution in [0.3, 0.4) is 0 Å². The fraction of sp³-hybridized carbons (Fsp3) is 0.200. The van der Waals surface area contributed by atoms with Crippen molar-refractivity contribution < 1.29 is 4.52 Å². The topological polar surface area (TPSA) is 81.7 Å². The molecule has 0 fully saturated rings. The maximum Gasteiger partial charge on any atom is 0.259 e. The predicted octanol–water partition coefficient (Wildman–Crippen LogP) is 4.01. The summed E-state index contributed by atoms with van der Waals surface area (Å²) in [6.07, 6.45) is 5.56. The standard InChI is InChI=1S/C20H20N6O/c1-13-6-4-5-7-17(13)19-24-20(27-25-19)15-8-9-18(21-10-15)23-14(2)16-11-22-26(3)12-16/h4-12,14H,1-3H3,(H,21,23)/t14-/m1/s1. The van der Waals surface area contributed by atoms with Crippen LogP contribution in [0.15, 0.2) is 59.5 Å². The molecule has 4 rings (SSSR count). The summed E-state index contributed by atoms with van der Waals surface area (Å²) in [5.74, 6) is 1.80. The minimum Gasteiger partial charge on any atom is -0.363 e. The summed E-state index contributed by atoms with van der Waals surface area (Å²) in [5.41, 5.74) is 3.95. The summed E-state index contributed by atoms with van der Waals surface area (Å²) >= 11 is 0. The van der Waals surface area contributed by atoms with Crippen LogP contribution in [-0.4, -0.2) is 24.9 Å². The monoisotopic (exact) mass is 360 g/mol. The lowest BCUT2D eigenvalue weighted by Crippen LogP contribution is -2.07. The van der Waals surface area contributed by atoms with Crippen molar-refractivity contribution in [3.8, 4) is 22.8 Å². The van der Waals surface area contributed by atoms with Gasteiger partial charge in [0, 0.05) is 30.6 Å². The van der Waals surface area contributed by atoms with E-state index in [0.717, 1.165) is 28.1 Å². The average Bonchev–Trinajstić information content (AvgIpc) is 3.32. The molecule has 0 aliphatic heterocycles. The second-order valence-corrected chi connectivity index (χ2v) is 6.48. The Balaban J connectivity index is 1.50. The van der Waals surface area contributed by atoms with Crippen molar-refractivity contribution in [2.24, 2.45) is 7.05 Å². The van der Waals surface area contributed by atoms with Crippen molar-refractivity contribution in [1.29, 1.82) is 0 Å². The van der Waals surface area contributed by atoms with Gasteiger partial charge in [0.2, 0.25) is 5.82 Å². The van der Waals surface area contributed by atoms with Gasteiger partial charge < -0.3 is 9.84 Å². The lowest BCUT2D eigenvalue weighted by Gasteiger charge is -2.12. The first-order chi connectivity index (χ1) is 13.1. The van der Waals surface area contributed by atoms with Crippen molar-refractivity contribution in [1.82, 2.24) is 24.9 Å². The molecule has 7 heteroatoms. The quantitative estimate of drug-likeness (QED) is 0.579. The van der Waals surface area contributed by atoms with Gasteiger partial charge >= 0.3 is 0 Å². The fourth-order valence-electron chi connectivity index (χ4n) is 2.85. The molecule has 0 saturated heterocycles. The number of hydrogen-bond donors (Lipinski definition) is 1. The van der Waals surface area contributed by atoms with E-state index in [1.54, 1.807) is 10.9 Å². The number of pyridine rings is 1. The molecule has 0 saturated carbocycles. The Morgan fingerprint density at radius 2 is 1.96 bits per heavy atom. The summed E-state index contributed by atoms with van der Waals surface area (Å²) in [6.45, 7) is 4.09. The first-order valence-electron chi connectivity index (χ1n) is 8.71. The van der Waals surface area contributed by atoms with Crippen molar-refractivity contribution in [2.45, 2.75) is 19.9 Å². The molecule has 3 aromatic heterocycles. The van der Waals surface area contributed by atoms with Gasteiger partial charge in [0.15, 0.2) is 0 Å². The summed E-state index contributed by atoms with van der Waals surface area (Å²) in [4.78, 5) is 8.96. The molecular weight excluding hydrogens is 340 g/mol. The number of rotatable bonds is 5. The predicted molar refractivity (Wildman–Crippen MR) is 103 cm³/mol. The third kappa shape index (κ3) is 3.57. The van der Waals surface area contributed by atoms with Gasteiger partial charge in [0.25, 0.3) is 5.89 Å². The lowest BCUT2D eigenvalue weighted by atomic mass is 10.1. The maximum absolute atomic E-state index is 5.42. The maximum atomic E-state index is 5.42. The second kappa shape index (κ2) is 7.03. The normalized spacial score (nSPS) is 12.1. The minimum atomic E-state index is 0.105. The molecule has 27 heavy (non-hydrogen) atoms. The molecule has 0 radical (unpaired) electrons. The van der Waals surface area contributed by atoms with Crippen molar-refractivity contribution in [2.75, 3.05) is 5.32 Å². The van der Waals surface area contributed by atoms with Crippen LogP contribution in [0.4, 0.5) is 5.82 Å². The number of aryl methyl sites for hydroxylation is 2. The molecule has 4 aromatic rings. The van der Waals surface area contributed by atoms with Crippen LogP contribution >= 0.6 is 0 Å². The zero-order valence-corrected chi connectivity index (χ0v) is 15.4. The van der Waals surface area contributed by atoms with E-state index in [-0.39, 0.29) is 6.04 Å². The number of nitrogens with zero attached hydrogens (tertiary/aromatic N) is 5. The Morgan fingerprint density at radius 1 is 1.11 bits per heavy atom. The Morgan fingerprint density at radius 3 is 2.67 bits per heavy atom. The summed E-state index contributed by atoms with van der Waals surface area (Å²) < 4.78 is 7.20. The molecule has 136 valence electrons. The lowest BCUT2D eigenvalue weighted by molar-refractivity contribution is 0.432. The highest BCUT2D eigenvalue weighted by Crippen LogP contribution is 2.25. The SMILES string of the molecule is Cc1ccccc1-c1noc(-c2ccc(N[C@H](C)c3cnn(C)c3)nc2)n1. The summed E-state index contributed by atoms with van der Waals surface area (Å²) in [7, 11) is 1.90. The van der Waals surface area contributed by atoms with E-state index in [4.69, 9.17) is 4.52 Å². The van der Waals surface area contributed by atoms with Crippen LogP contribution < -0.4 is 5.32 Å². The van der Waals surface area contributed by atoms with Crippen LogP contribution in [0.25, 0.3) is 22.8 Å². The number of anilines is 1. The fourth-order valence-corrected chi connectivity index (χ4v) is 2.85. The first kappa shape index (κ1) is 17.0. The third-order valence-electron chi connectivity index (χ3n) is 4.41. The van der Waals surface area contributed by atoms with Gasteiger partial charge in [0.05, 0.1) is 17.8 Å². The molecule has 1 atom stereocenters. The van der Waals surface area contributed by atoms with Gasteiger partial charge in [-0.2, -0.15) is 10.1 Å². The molecule has 0 bridgehead atoms. The van der Waals surface area contributed by atoms with Gasteiger partial charge in [-0.25, -0.2) is 4.98 Å².